The molecular weight excluding hydrogens is 284 g/mol. The van der Waals surface area contributed by atoms with Crippen molar-refractivity contribution in [1.29, 1.82) is 0 Å². The van der Waals surface area contributed by atoms with Crippen LogP contribution in [0.1, 0.15) is 22.3 Å². The Kier molecular flexibility index (Phi) is 6.41. The van der Waals surface area contributed by atoms with Gasteiger partial charge in [-0.15, -0.1) is 11.6 Å². The van der Waals surface area contributed by atoms with Gasteiger partial charge in [-0.25, -0.2) is 0 Å². The summed E-state index contributed by atoms with van der Waals surface area (Å²) in [5.74, 6) is -0.471. The van der Waals surface area contributed by atoms with E-state index in [9.17, 15) is 14.9 Å². The summed E-state index contributed by atoms with van der Waals surface area (Å²) < 4.78 is 4.88. The Bertz CT molecular complexity index is 493. The molecule has 6 nitrogen and oxygen atoms in total. The van der Waals surface area contributed by atoms with Crippen LogP contribution < -0.4 is 5.32 Å². The lowest BCUT2D eigenvalue weighted by molar-refractivity contribution is -0.385. The van der Waals surface area contributed by atoms with Crippen molar-refractivity contribution in [2.75, 3.05) is 20.3 Å². The van der Waals surface area contributed by atoms with E-state index in [1.807, 2.05) is 0 Å². The third kappa shape index (κ3) is 4.47. The molecule has 1 atom stereocenters. The predicted octanol–water partition coefficient (Wildman–Crippen LogP) is 2.28. The quantitative estimate of drug-likeness (QED) is 0.476. The van der Waals surface area contributed by atoms with Crippen LogP contribution in [0.25, 0.3) is 0 Å². The van der Waals surface area contributed by atoms with Crippen LogP contribution in [0.15, 0.2) is 18.2 Å². The highest BCUT2D eigenvalue weighted by Crippen LogP contribution is 2.22. The number of alkyl halides is 1. The van der Waals surface area contributed by atoms with Crippen molar-refractivity contribution < 1.29 is 14.5 Å². The SMILES string of the molecule is COCC(Cl)CCNC(=O)c1cccc(C)c1[N+](=O)[O-]. The number of benzene rings is 1. The number of nitro groups is 1. The number of aryl methyl sites for hydroxylation is 1. The lowest BCUT2D eigenvalue weighted by Gasteiger charge is -2.10. The lowest BCUT2D eigenvalue weighted by Crippen LogP contribution is -2.27. The molecule has 1 aromatic rings. The summed E-state index contributed by atoms with van der Waals surface area (Å²) >= 11 is 5.93. The van der Waals surface area contributed by atoms with Crippen molar-refractivity contribution in [2.24, 2.45) is 0 Å². The molecule has 0 saturated heterocycles. The van der Waals surface area contributed by atoms with Gasteiger partial charge in [-0.1, -0.05) is 12.1 Å². The molecule has 0 aliphatic heterocycles. The molecule has 0 bridgehead atoms. The van der Waals surface area contributed by atoms with Crippen molar-refractivity contribution >= 4 is 23.2 Å². The summed E-state index contributed by atoms with van der Waals surface area (Å²) in [5.41, 5.74) is 0.356. The number of nitrogens with zero attached hydrogens (tertiary/aromatic N) is 1. The van der Waals surface area contributed by atoms with Gasteiger partial charge in [0.05, 0.1) is 16.9 Å². The standard InChI is InChI=1S/C13H17ClN2O4/c1-9-4-3-5-11(12(9)16(18)19)13(17)15-7-6-10(14)8-20-2/h3-5,10H,6-8H2,1-2H3,(H,15,17). The van der Waals surface area contributed by atoms with E-state index in [4.69, 9.17) is 16.3 Å². The molecule has 0 aromatic heterocycles. The molecule has 0 fully saturated rings. The molecule has 0 radical (unpaired) electrons. The highest BCUT2D eigenvalue weighted by molar-refractivity contribution is 6.20. The second kappa shape index (κ2) is 7.81. The number of hydrogen-bond acceptors (Lipinski definition) is 4. The van der Waals surface area contributed by atoms with Gasteiger partial charge in [0, 0.05) is 19.2 Å². The molecular formula is C13H17ClN2O4. The summed E-state index contributed by atoms with van der Waals surface area (Å²) in [6, 6.07) is 4.66. The lowest BCUT2D eigenvalue weighted by atomic mass is 10.1. The van der Waals surface area contributed by atoms with Gasteiger partial charge in [-0.2, -0.15) is 0 Å². The van der Waals surface area contributed by atoms with Gasteiger partial charge in [0.1, 0.15) is 5.56 Å². The Morgan fingerprint density at radius 1 is 1.55 bits per heavy atom. The van der Waals surface area contributed by atoms with Gasteiger partial charge >= 0.3 is 0 Å². The summed E-state index contributed by atoms with van der Waals surface area (Å²) in [5, 5.41) is 13.4. The van der Waals surface area contributed by atoms with Crippen LogP contribution in [0.3, 0.4) is 0 Å². The normalized spacial score (nSPS) is 11.9. The van der Waals surface area contributed by atoms with Gasteiger partial charge in [-0.3, -0.25) is 14.9 Å². The molecule has 0 heterocycles. The van der Waals surface area contributed by atoms with E-state index in [1.165, 1.54) is 6.07 Å². The fourth-order valence-corrected chi connectivity index (χ4v) is 2.02. The maximum absolute atomic E-state index is 12.0. The van der Waals surface area contributed by atoms with E-state index in [2.05, 4.69) is 5.32 Å². The number of amides is 1. The number of halogens is 1. The molecule has 1 rings (SSSR count). The van der Waals surface area contributed by atoms with Crippen molar-refractivity contribution in [2.45, 2.75) is 18.7 Å². The zero-order valence-corrected chi connectivity index (χ0v) is 12.1. The number of methoxy groups -OCH3 is 1. The zero-order chi connectivity index (χ0) is 15.1. The first-order valence-corrected chi connectivity index (χ1v) is 6.56. The number of rotatable bonds is 7. The van der Waals surface area contributed by atoms with Crippen LogP contribution >= 0.6 is 11.6 Å². The highest BCUT2D eigenvalue weighted by Gasteiger charge is 2.22. The van der Waals surface area contributed by atoms with Crippen molar-refractivity contribution in [3.8, 4) is 0 Å². The molecule has 0 aliphatic rings. The largest absolute Gasteiger partial charge is 0.383 e. The van der Waals surface area contributed by atoms with Gasteiger partial charge < -0.3 is 10.1 Å². The number of nitrogens with one attached hydrogen (secondary N) is 1. The van der Waals surface area contributed by atoms with Crippen molar-refractivity contribution in [1.82, 2.24) is 5.32 Å². The fraction of sp³-hybridized carbons (Fsp3) is 0.462. The number of carbonyl (C=O) groups excluding carboxylic acids is 1. The molecule has 0 spiro atoms. The smallest absolute Gasteiger partial charge is 0.285 e. The summed E-state index contributed by atoms with van der Waals surface area (Å²) in [6.45, 7) is 2.33. The Hall–Kier alpha value is -1.66. The maximum Gasteiger partial charge on any atom is 0.285 e. The molecule has 20 heavy (non-hydrogen) atoms. The predicted molar refractivity (Wildman–Crippen MR) is 76.3 cm³/mol. The second-order valence-corrected chi connectivity index (χ2v) is 4.94. The fourth-order valence-electron chi connectivity index (χ4n) is 1.79. The Labute approximate surface area is 122 Å². The average molecular weight is 301 g/mol. The first kappa shape index (κ1) is 16.4. The summed E-state index contributed by atoms with van der Waals surface area (Å²) in [4.78, 5) is 22.4. The van der Waals surface area contributed by atoms with Crippen LogP contribution in [0, 0.1) is 17.0 Å². The van der Waals surface area contributed by atoms with Crippen LogP contribution in [-0.2, 0) is 4.74 Å². The first-order chi connectivity index (χ1) is 9.47. The first-order valence-electron chi connectivity index (χ1n) is 6.12. The topological polar surface area (TPSA) is 81.5 Å². The van der Waals surface area contributed by atoms with Crippen LogP contribution in [0.5, 0.6) is 0 Å². The van der Waals surface area contributed by atoms with E-state index in [0.29, 0.717) is 25.1 Å². The minimum atomic E-state index is -0.542. The van der Waals surface area contributed by atoms with Crippen molar-refractivity contribution in [3.05, 3.63) is 39.4 Å². The van der Waals surface area contributed by atoms with E-state index >= 15 is 0 Å². The molecule has 0 aliphatic carbocycles. The zero-order valence-electron chi connectivity index (χ0n) is 11.4. The number of nitro benzene ring substituents is 1. The maximum atomic E-state index is 12.0. The van der Waals surface area contributed by atoms with Gasteiger partial charge in [0.25, 0.3) is 11.6 Å². The van der Waals surface area contributed by atoms with E-state index in [1.54, 1.807) is 26.2 Å². The van der Waals surface area contributed by atoms with E-state index in [-0.39, 0.29) is 16.6 Å². The number of para-hydroxylation sites is 1. The van der Waals surface area contributed by atoms with E-state index in [0.717, 1.165) is 0 Å². The third-order valence-electron chi connectivity index (χ3n) is 2.76. The molecule has 1 amide bonds. The Morgan fingerprint density at radius 2 is 2.25 bits per heavy atom. The number of carbonyl (C=O) groups is 1. The van der Waals surface area contributed by atoms with Crippen LogP contribution in [0.4, 0.5) is 5.69 Å². The molecule has 7 heteroatoms. The summed E-state index contributed by atoms with van der Waals surface area (Å²) in [7, 11) is 1.55. The molecule has 1 aromatic carbocycles. The highest BCUT2D eigenvalue weighted by atomic mass is 35.5. The molecule has 110 valence electrons. The number of hydrogen-bond donors (Lipinski definition) is 1. The average Bonchev–Trinajstić information content (AvgIpc) is 2.38. The number of ether oxygens (including phenoxy) is 1. The van der Waals surface area contributed by atoms with E-state index < -0.39 is 10.8 Å². The Balaban J connectivity index is 2.69. The molecule has 1 unspecified atom stereocenters. The van der Waals surface area contributed by atoms with Gasteiger partial charge in [0.15, 0.2) is 0 Å². The van der Waals surface area contributed by atoms with Crippen LogP contribution in [0.2, 0.25) is 0 Å². The van der Waals surface area contributed by atoms with Crippen LogP contribution in [-0.4, -0.2) is 36.5 Å². The van der Waals surface area contributed by atoms with Gasteiger partial charge in [-0.05, 0) is 19.4 Å². The molecule has 1 N–H and O–H groups in total. The monoisotopic (exact) mass is 300 g/mol. The summed E-state index contributed by atoms with van der Waals surface area (Å²) in [6.07, 6.45) is 0.529. The Morgan fingerprint density at radius 3 is 2.85 bits per heavy atom. The minimum Gasteiger partial charge on any atom is -0.383 e. The molecule has 0 saturated carbocycles. The third-order valence-corrected chi connectivity index (χ3v) is 3.10. The second-order valence-electron chi connectivity index (χ2n) is 4.33. The minimum absolute atomic E-state index is 0.0628. The van der Waals surface area contributed by atoms with Crippen molar-refractivity contribution in [3.63, 3.8) is 0 Å². The van der Waals surface area contributed by atoms with Gasteiger partial charge in [0.2, 0.25) is 0 Å².